The quantitative estimate of drug-likeness (QED) is 0.782. The van der Waals surface area contributed by atoms with Crippen LogP contribution in [0, 0.1) is 12.8 Å². The zero-order valence-corrected chi connectivity index (χ0v) is 12.5. The van der Waals surface area contributed by atoms with Crippen LogP contribution in [0.25, 0.3) is 0 Å². The molecule has 3 N–H and O–H groups in total. The molecule has 0 bridgehead atoms. The lowest BCUT2D eigenvalue weighted by atomic mass is 10.1. The third-order valence-electron chi connectivity index (χ3n) is 3.87. The predicted octanol–water partition coefficient (Wildman–Crippen LogP) is 3.29. The summed E-state index contributed by atoms with van der Waals surface area (Å²) in [6, 6.07) is 4.31. The first kappa shape index (κ1) is 14.7. The standard InChI is InChI=1S/C16H24N2O2/c1-10(2)6-7-18(12-4-5-12)13-8-11(3)15(17)14(9-13)16(19)20/h8-10,12H,4-7,17H2,1-3H3,(H,19,20). The van der Waals surface area contributed by atoms with Crippen LogP contribution in [0.5, 0.6) is 0 Å². The lowest BCUT2D eigenvalue weighted by Gasteiger charge is -2.27. The summed E-state index contributed by atoms with van der Waals surface area (Å²) in [6.45, 7) is 7.27. The summed E-state index contributed by atoms with van der Waals surface area (Å²) in [6.07, 6.45) is 3.51. The lowest BCUT2D eigenvalue weighted by molar-refractivity contribution is 0.0698. The molecule has 2 rings (SSSR count). The average Bonchev–Trinajstić information content (AvgIpc) is 3.17. The molecule has 4 heteroatoms. The summed E-state index contributed by atoms with van der Waals surface area (Å²) >= 11 is 0. The van der Waals surface area contributed by atoms with Gasteiger partial charge in [0, 0.05) is 24.0 Å². The zero-order valence-electron chi connectivity index (χ0n) is 12.5. The molecule has 20 heavy (non-hydrogen) atoms. The molecular weight excluding hydrogens is 252 g/mol. The van der Waals surface area contributed by atoms with Gasteiger partial charge in [-0.1, -0.05) is 13.8 Å². The topological polar surface area (TPSA) is 66.6 Å². The number of rotatable bonds is 6. The summed E-state index contributed by atoms with van der Waals surface area (Å²) in [5, 5.41) is 9.27. The Balaban J connectivity index is 2.30. The Labute approximate surface area is 120 Å². The van der Waals surface area contributed by atoms with Crippen LogP contribution < -0.4 is 10.6 Å². The van der Waals surface area contributed by atoms with Crippen LogP contribution in [0.1, 0.15) is 49.0 Å². The van der Waals surface area contributed by atoms with E-state index in [1.807, 2.05) is 13.0 Å². The van der Waals surface area contributed by atoms with Gasteiger partial charge in [-0.15, -0.1) is 0 Å². The van der Waals surface area contributed by atoms with Gasteiger partial charge < -0.3 is 15.7 Å². The maximum atomic E-state index is 11.3. The Bertz CT molecular complexity index is 507. The highest BCUT2D eigenvalue weighted by atomic mass is 16.4. The maximum absolute atomic E-state index is 11.3. The summed E-state index contributed by atoms with van der Waals surface area (Å²) in [4.78, 5) is 13.6. The average molecular weight is 276 g/mol. The van der Waals surface area contributed by atoms with E-state index in [0.717, 1.165) is 24.2 Å². The molecule has 0 unspecified atom stereocenters. The van der Waals surface area contributed by atoms with Crippen LogP contribution in [-0.4, -0.2) is 23.7 Å². The molecule has 0 amide bonds. The molecule has 110 valence electrons. The highest BCUT2D eigenvalue weighted by molar-refractivity contribution is 5.95. The van der Waals surface area contributed by atoms with Gasteiger partial charge in [0.15, 0.2) is 0 Å². The number of carboxylic acid groups (broad SMARTS) is 1. The van der Waals surface area contributed by atoms with Crippen molar-refractivity contribution in [1.82, 2.24) is 0 Å². The Kier molecular flexibility index (Phi) is 4.21. The second-order valence-electron chi connectivity index (χ2n) is 6.14. The molecule has 1 aliphatic rings. The van der Waals surface area contributed by atoms with Crippen molar-refractivity contribution in [3.63, 3.8) is 0 Å². The van der Waals surface area contributed by atoms with Gasteiger partial charge in [-0.3, -0.25) is 0 Å². The molecule has 0 heterocycles. The number of aromatic carboxylic acids is 1. The molecule has 0 spiro atoms. The molecular formula is C16H24N2O2. The van der Waals surface area contributed by atoms with Gasteiger partial charge in [0.1, 0.15) is 0 Å². The number of carbonyl (C=O) groups is 1. The number of anilines is 2. The van der Waals surface area contributed by atoms with E-state index in [0.29, 0.717) is 17.6 Å². The normalized spacial score (nSPS) is 14.6. The van der Waals surface area contributed by atoms with Crippen LogP contribution in [0.3, 0.4) is 0 Å². The highest BCUT2D eigenvalue weighted by Crippen LogP contribution is 2.34. The SMILES string of the molecule is Cc1cc(N(CCC(C)C)C2CC2)cc(C(=O)O)c1N. The van der Waals surface area contributed by atoms with Crippen LogP contribution in [0.15, 0.2) is 12.1 Å². The minimum Gasteiger partial charge on any atom is -0.478 e. The number of hydrogen-bond donors (Lipinski definition) is 2. The molecule has 0 radical (unpaired) electrons. The van der Waals surface area contributed by atoms with Crippen LogP contribution in [0.2, 0.25) is 0 Å². The number of aryl methyl sites for hydroxylation is 1. The fraction of sp³-hybridized carbons (Fsp3) is 0.562. The number of benzene rings is 1. The van der Waals surface area contributed by atoms with Crippen LogP contribution in [0.4, 0.5) is 11.4 Å². The molecule has 0 aliphatic heterocycles. The number of nitrogen functional groups attached to an aromatic ring is 1. The largest absolute Gasteiger partial charge is 0.478 e. The molecule has 1 aromatic carbocycles. The van der Waals surface area contributed by atoms with Crippen LogP contribution >= 0.6 is 0 Å². The van der Waals surface area contributed by atoms with E-state index in [2.05, 4.69) is 18.7 Å². The van der Waals surface area contributed by atoms with Gasteiger partial charge in [0.25, 0.3) is 0 Å². The molecule has 1 fully saturated rings. The molecule has 0 atom stereocenters. The lowest BCUT2D eigenvalue weighted by Crippen LogP contribution is -2.28. The van der Waals surface area contributed by atoms with Crippen molar-refractivity contribution in [2.24, 2.45) is 5.92 Å². The van der Waals surface area contributed by atoms with Crippen molar-refractivity contribution in [3.05, 3.63) is 23.3 Å². The first-order chi connectivity index (χ1) is 9.40. The fourth-order valence-corrected chi connectivity index (χ4v) is 2.43. The summed E-state index contributed by atoms with van der Waals surface area (Å²) in [5.74, 6) is -0.308. The van der Waals surface area contributed by atoms with Gasteiger partial charge in [-0.2, -0.15) is 0 Å². The smallest absolute Gasteiger partial charge is 0.337 e. The van der Waals surface area contributed by atoms with Gasteiger partial charge in [0.2, 0.25) is 0 Å². The van der Waals surface area contributed by atoms with Crippen molar-refractivity contribution in [2.75, 3.05) is 17.2 Å². The van der Waals surface area contributed by atoms with E-state index in [1.165, 1.54) is 12.8 Å². The third kappa shape index (κ3) is 3.24. The molecule has 0 aromatic heterocycles. The van der Waals surface area contributed by atoms with Gasteiger partial charge in [-0.25, -0.2) is 4.79 Å². The number of nitrogens with two attached hydrogens (primary N) is 1. The van der Waals surface area contributed by atoms with E-state index in [4.69, 9.17) is 5.73 Å². The number of nitrogens with zero attached hydrogens (tertiary/aromatic N) is 1. The van der Waals surface area contributed by atoms with Gasteiger partial charge >= 0.3 is 5.97 Å². The molecule has 4 nitrogen and oxygen atoms in total. The second-order valence-corrected chi connectivity index (χ2v) is 6.14. The van der Waals surface area contributed by atoms with Crippen molar-refractivity contribution < 1.29 is 9.90 Å². The van der Waals surface area contributed by atoms with E-state index in [9.17, 15) is 9.90 Å². The minimum absolute atomic E-state index is 0.218. The minimum atomic E-state index is -0.952. The molecule has 1 aliphatic carbocycles. The molecule has 1 saturated carbocycles. The monoisotopic (exact) mass is 276 g/mol. The first-order valence-corrected chi connectivity index (χ1v) is 7.30. The number of hydrogen-bond acceptors (Lipinski definition) is 3. The van der Waals surface area contributed by atoms with E-state index >= 15 is 0 Å². The van der Waals surface area contributed by atoms with E-state index in [1.54, 1.807) is 6.07 Å². The van der Waals surface area contributed by atoms with E-state index < -0.39 is 5.97 Å². The maximum Gasteiger partial charge on any atom is 0.337 e. The Morgan fingerprint density at radius 3 is 2.60 bits per heavy atom. The summed E-state index contributed by atoms with van der Waals surface area (Å²) in [7, 11) is 0. The summed E-state index contributed by atoms with van der Waals surface area (Å²) < 4.78 is 0. The van der Waals surface area contributed by atoms with Gasteiger partial charge in [-0.05, 0) is 49.8 Å². The van der Waals surface area contributed by atoms with Crippen molar-refractivity contribution in [2.45, 2.75) is 46.1 Å². The second kappa shape index (κ2) is 5.73. The van der Waals surface area contributed by atoms with Crippen LogP contribution in [-0.2, 0) is 0 Å². The Hall–Kier alpha value is -1.71. The highest BCUT2D eigenvalue weighted by Gasteiger charge is 2.30. The first-order valence-electron chi connectivity index (χ1n) is 7.30. The van der Waals surface area contributed by atoms with Crippen molar-refractivity contribution >= 4 is 17.3 Å². The predicted molar refractivity (Wildman–Crippen MR) is 82.4 cm³/mol. The third-order valence-corrected chi connectivity index (χ3v) is 3.87. The summed E-state index contributed by atoms with van der Waals surface area (Å²) in [5.41, 5.74) is 8.30. The Morgan fingerprint density at radius 2 is 2.10 bits per heavy atom. The number of carboxylic acids is 1. The van der Waals surface area contributed by atoms with Gasteiger partial charge in [0.05, 0.1) is 5.56 Å². The van der Waals surface area contributed by atoms with E-state index in [-0.39, 0.29) is 5.56 Å². The molecule has 0 saturated heterocycles. The van der Waals surface area contributed by atoms with Crippen molar-refractivity contribution in [1.29, 1.82) is 0 Å². The van der Waals surface area contributed by atoms with Crippen molar-refractivity contribution in [3.8, 4) is 0 Å². The zero-order chi connectivity index (χ0) is 14.9. The Morgan fingerprint density at radius 1 is 1.45 bits per heavy atom. The molecule has 1 aromatic rings. The fourth-order valence-electron chi connectivity index (χ4n) is 2.43.